The molecule has 0 bridgehead atoms. The molecule has 0 aromatic heterocycles. The van der Waals surface area contributed by atoms with E-state index in [1.54, 1.807) is 0 Å². The molecule has 0 N–H and O–H groups in total. The molecule has 0 saturated heterocycles. The van der Waals surface area contributed by atoms with Gasteiger partial charge < -0.3 is 4.74 Å². The molecule has 0 spiro atoms. The Kier molecular flexibility index (Phi) is 5.46. The standard InChI is InChI=1S/C12H22OS/c1-3-11(12(14)13-4-2)10-8-6-5-7-9-10/h10-11H,3-9H2,1-2H3. The Hall–Kier alpha value is -0.110. The van der Waals surface area contributed by atoms with Crippen molar-refractivity contribution < 1.29 is 4.74 Å². The van der Waals surface area contributed by atoms with E-state index in [0.29, 0.717) is 5.92 Å². The van der Waals surface area contributed by atoms with Crippen molar-refractivity contribution in [1.29, 1.82) is 0 Å². The third-order valence-corrected chi connectivity index (χ3v) is 3.67. The van der Waals surface area contributed by atoms with Gasteiger partial charge in [0.2, 0.25) is 0 Å². The molecule has 1 aliphatic rings. The maximum atomic E-state index is 5.48. The molecular formula is C12H22OS. The molecule has 0 amide bonds. The molecule has 14 heavy (non-hydrogen) atoms. The van der Waals surface area contributed by atoms with Crippen LogP contribution in [0.3, 0.4) is 0 Å². The smallest absolute Gasteiger partial charge is 0.162 e. The highest BCUT2D eigenvalue weighted by Crippen LogP contribution is 2.32. The Balaban J connectivity index is 2.46. The Morgan fingerprint density at radius 2 is 1.93 bits per heavy atom. The molecule has 1 atom stereocenters. The third kappa shape index (κ3) is 3.23. The van der Waals surface area contributed by atoms with E-state index in [-0.39, 0.29) is 0 Å². The maximum absolute atomic E-state index is 5.48. The van der Waals surface area contributed by atoms with E-state index in [9.17, 15) is 0 Å². The van der Waals surface area contributed by atoms with E-state index < -0.39 is 0 Å². The minimum absolute atomic E-state index is 0.533. The van der Waals surface area contributed by atoms with E-state index >= 15 is 0 Å². The molecular weight excluding hydrogens is 192 g/mol. The van der Waals surface area contributed by atoms with Crippen LogP contribution in [0.15, 0.2) is 0 Å². The lowest BCUT2D eigenvalue weighted by Gasteiger charge is -2.29. The molecule has 1 fully saturated rings. The van der Waals surface area contributed by atoms with Crippen LogP contribution in [0.5, 0.6) is 0 Å². The number of ether oxygens (including phenoxy) is 1. The molecule has 1 saturated carbocycles. The number of thiocarbonyl (C=S) groups is 1. The average molecular weight is 214 g/mol. The zero-order valence-corrected chi connectivity index (χ0v) is 10.2. The van der Waals surface area contributed by atoms with Gasteiger partial charge in [0.15, 0.2) is 5.05 Å². The van der Waals surface area contributed by atoms with Crippen LogP contribution >= 0.6 is 12.2 Å². The van der Waals surface area contributed by atoms with Crippen LogP contribution < -0.4 is 0 Å². The quantitative estimate of drug-likeness (QED) is 0.655. The van der Waals surface area contributed by atoms with Crippen LogP contribution in [0.1, 0.15) is 52.4 Å². The fraction of sp³-hybridized carbons (Fsp3) is 0.917. The summed E-state index contributed by atoms with van der Waals surface area (Å²) in [6, 6.07) is 0. The van der Waals surface area contributed by atoms with Crippen LogP contribution in [-0.2, 0) is 4.74 Å². The second-order valence-corrected chi connectivity index (χ2v) is 4.57. The lowest BCUT2D eigenvalue weighted by Crippen LogP contribution is -2.25. The highest BCUT2D eigenvalue weighted by Gasteiger charge is 2.26. The largest absolute Gasteiger partial charge is 0.487 e. The predicted octanol–water partition coefficient (Wildman–Crippen LogP) is 3.96. The molecule has 1 nitrogen and oxygen atoms in total. The summed E-state index contributed by atoms with van der Waals surface area (Å²) in [5.41, 5.74) is 0. The van der Waals surface area contributed by atoms with Crippen LogP contribution in [0.4, 0.5) is 0 Å². The Morgan fingerprint density at radius 1 is 1.29 bits per heavy atom. The number of hydrogen-bond acceptors (Lipinski definition) is 2. The second kappa shape index (κ2) is 6.39. The summed E-state index contributed by atoms with van der Waals surface area (Å²) in [5.74, 6) is 1.33. The zero-order valence-electron chi connectivity index (χ0n) is 9.42. The van der Waals surface area contributed by atoms with Gasteiger partial charge in [0.05, 0.1) is 6.61 Å². The molecule has 0 aromatic rings. The van der Waals surface area contributed by atoms with Crippen molar-refractivity contribution in [1.82, 2.24) is 0 Å². The zero-order chi connectivity index (χ0) is 10.4. The Bertz CT molecular complexity index is 173. The van der Waals surface area contributed by atoms with E-state index in [2.05, 4.69) is 6.92 Å². The van der Waals surface area contributed by atoms with Gasteiger partial charge in [-0.15, -0.1) is 0 Å². The van der Waals surface area contributed by atoms with Crippen LogP contribution in [0.2, 0.25) is 0 Å². The molecule has 1 unspecified atom stereocenters. The van der Waals surface area contributed by atoms with Gasteiger partial charge in [0.25, 0.3) is 0 Å². The fourth-order valence-corrected chi connectivity index (χ4v) is 2.96. The highest BCUT2D eigenvalue weighted by molar-refractivity contribution is 7.80. The fourth-order valence-electron chi connectivity index (χ4n) is 2.48. The summed E-state index contributed by atoms with van der Waals surface area (Å²) in [7, 11) is 0. The van der Waals surface area contributed by atoms with E-state index in [1.807, 2.05) is 6.92 Å². The highest BCUT2D eigenvalue weighted by atomic mass is 32.1. The van der Waals surface area contributed by atoms with Crippen molar-refractivity contribution in [3.63, 3.8) is 0 Å². The van der Waals surface area contributed by atoms with Crippen molar-refractivity contribution in [2.24, 2.45) is 11.8 Å². The molecule has 82 valence electrons. The first-order valence-electron chi connectivity index (χ1n) is 5.96. The van der Waals surface area contributed by atoms with Crippen molar-refractivity contribution in [2.75, 3.05) is 6.61 Å². The number of hydrogen-bond donors (Lipinski definition) is 0. The van der Waals surface area contributed by atoms with Crippen molar-refractivity contribution in [2.45, 2.75) is 52.4 Å². The van der Waals surface area contributed by atoms with Crippen LogP contribution in [0.25, 0.3) is 0 Å². The van der Waals surface area contributed by atoms with Gasteiger partial charge >= 0.3 is 0 Å². The molecule has 1 rings (SSSR count). The van der Waals surface area contributed by atoms with Gasteiger partial charge in [-0.25, -0.2) is 0 Å². The minimum atomic E-state index is 0.533. The molecule has 0 radical (unpaired) electrons. The average Bonchev–Trinajstić information content (AvgIpc) is 2.21. The summed E-state index contributed by atoms with van der Waals surface area (Å²) in [6.07, 6.45) is 8.03. The Morgan fingerprint density at radius 3 is 2.43 bits per heavy atom. The molecule has 0 aliphatic heterocycles. The van der Waals surface area contributed by atoms with Crippen molar-refractivity contribution in [3.05, 3.63) is 0 Å². The molecule has 0 aromatic carbocycles. The summed E-state index contributed by atoms with van der Waals surface area (Å²) < 4.78 is 5.48. The molecule has 0 heterocycles. The van der Waals surface area contributed by atoms with E-state index in [0.717, 1.165) is 24.0 Å². The lowest BCUT2D eigenvalue weighted by atomic mass is 9.79. The molecule has 1 aliphatic carbocycles. The minimum Gasteiger partial charge on any atom is -0.487 e. The van der Waals surface area contributed by atoms with Gasteiger partial charge in [-0.3, -0.25) is 0 Å². The van der Waals surface area contributed by atoms with Gasteiger partial charge in [-0.2, -0.15) is 0 Å². The van der Waals surface area contributed by atoms with Crippen LogP contribution in [-0.4, -0.2) is 11.7 Å². The second-order valence-electron chi connectivity index (χ2n) is 4.16. The van der Waals surface area contributed by atoms with Crippen molar-refractivity contribution in [3.8, 4) is 0 Å². The van der Waals surface area contributed by atoms with Gasteiger partial charge in [-0.05, 0) is 44.3 Å². The third-order valence-electron chi connectivity index (χ3n) is 3.25. The normalized spacial score (nSPS) is 20.4. The number of rotatable bonds is 4. The first-order chi connectivity index (χ1) is 6.79. The summed E-state index contributed by atoms with van der Waals surface area (Å²) in [6.45, 7) is 4.96. The van der Waals surface area contributed by atoms with Gasteiger partial charge in [0.1, 0.15) is 0 Å². The Labute approximate surface area is 93.2 Å². The maximum Gasteiger partial charge on any atom is 0.162 e. The predicted molar refractivity (Wildman–Crippen MR) is 64.6 cm³/mol. The summed E-state index contributed by atoms with van der Waals surface area (Å²) in [4.78, 5) is 0. The van der Waals surface area contributed by atoms with E-state index in [1.165, 1.54) is 32.1 Å². The lowest BCUT2D eigenvalue weighted by molar-refractivity contribution is 0.242. The van der Waals surface area contributed by atoms with E-state index in [4.69, 9.17) is 17.0 Å². The SMILES string of the molecule is CCOC(=S)C(CC)C1CCCCC1. The summed E-state index contributed by atoms with van der Waals surface area (Å²) in [5, 5.41) is 0.863. The van der Waals surface area contributed by atoms with Gasteiger partial charge in [0, 0.05) is 5.92 Å². The van der Waals surface area contributed by atoms with Gasteiger partial charge in [-0.1, -0.05) is 26.2 Å². The monoisotopic (exact) mass is 214 g/mol. The summed E-state index contributed by atoms with van der Waals surface area (Å²) >= 11 is 5.33. The molecule has 2 heteroatoms. The first kappa shape index (κ1) is 12.0. The van der Waals surface area contributed by atoms with Crippen LogP contribution in [0, 0.1) is 11.8 Å². The first-order valence-corrected chi connectivity index (χ1v) is 6.37. The topological polar surface area (TPSA) is 9.23 Å². The van der Waals surface area contributed by atoms with Crippen molar-refractivity contribution >= 4 is 17.3 Å².